The molecule has 0 bridgehead atoms. The molecular weight excluding hydrogens is 82.1 g/mol. The first-order valence-corrected chi connectivity index (χ1v) is 2.58. The minimum atomic E-state index is 1.10. The Hall–Kier alpha value is 0.310. The van der Waals surface area contributed by atoms with Crippen molar-refractivity contribution < 1.29 is 0 Å². The van der Waals surface area contributed by atoms with Gasteiger partial charge in [-0.15, -0.1) is 0 Å². The van der Waals surface area contributed by atoms with E-state index in [-0.39, 0.29) is 0 Å². The zero-order valence-corrected chi connectivity index (χ0v) is 3.64. The molecule has 1 fully saturated rings. The maximum absolute atomic E-state index is 2.94. The van der Waals surface area contributed by atoms with Gasteiger partial charge in [-0.2, -0.15) is 0 Å². The molecule has 1 aliphatic heterocycles. The van der Waals surface area contributed by atoms with Gasteiger partial charge in [0.2, 0.25) is 0 Å². The summed E-state index contributed by atoms with van der Waals surface area (Å²) < 4.78 is 2.89. The van der Waals surface area contributed by atoms with Gasteiger partial charge in [0.1, 0.15) is 0 Å². The summed E-state index contributed by atoms with van der Waals surface area (Å²) in [7, 11) is 0. The molecule has 1 heterocycles. The highest BCUT2D eigenvalue weighted by Gasteiger charge is 1.95. The van der Waals surface area contributed by atoms with Crippen LogP contribution in [0.1, 0.15) is 6.42 Å². The van der Waals surface area contributed by atoms with Crippen molar-refractivity contribution in [3.8, 4) is 0 Å². The van der Waals surface area contributed by atoms with E-state index in [1.165, 1.54) is 5.75 Å². The van der Waals surface area contributed by atoms with Crippen LogP contribution in [-0.2, 0) is 0 Å². The Bertz CT molecular complexity index is 18.5. The third kappa shape index (κ3) is 0.816. The molecule has 0 atom stereocenters. The van der Waals surface area contributed by atoms with Crippen LogP contribution in [-0.4, -0.2) is 5.75 Å². The van der Waals surface area contributed by atoms with Gasteiger partial charge in [0, 0.05) is 5.75 Å². The molecule has 1 saturated heterocycles. The highest BCUT2D eigenvalue weighted by molar-refractivity contribution is 7.97. The van der Waals surface area contributed by atoms with Gasteiger partial charge < -0.3 is 0 Å². The number of nitrogens with one attached hydrogen (secondary N) is 1. The third-order valence-electron chi connectivity index (χ3n) is 0.473. The lowest BCUT2D eigenvalue weighted by molar-refractivity contribution is 1.09. The van der Waals surface area contributed by atoms with Crippen LogP contribution in [0.5, 0.6) is 0 Å². The standard InChI is InChI=1S/C3H5NS/c1-2-4-5-3-1/h4H,1,3H2. The maximum atomic E-state index is 2.94. The van der Waals surface area contributed by atoms with Crippen LogP contribution in [0.4, 0.5) is 0 Å². The Morgan fingerprint density at radius 1 is 1.80 bits per heavy atom. The zero-order chi connectivity index (χ0) is 3.54. The molecule has 1 N–H and O–H groups in total. The largest absolute Gasteiger partial charge is 0.254 e. The van der Waals surface area contributed by atoms with Gasteiger partial charge in [-0.3, -0.25) is 4.72 Å². The molecule has 0 amide bonds. The highest BCUT2D eigenvalue weighted by atomic mass is 32.2. The van der Waals surface area contributed by atoms with Crippen molar-refractivity contribution in [2.75, 3.05) is 5.75 Å². The van der Waals surface area contributed by atoms with Crippen molar-refractivity contribution >= 4 is 11.9 Å². The summed E-state index contributed by atoms with van der Waals surface area (Å²) in [5.74, 6) is 1.19. The van der Waals surface area contributed by atoms with E-state index in [9.17, 15) is 0 Å². The molecule has 1 rings (SSSR count). The first-order valence-electron chi connectivity index (χ1n) is 1.60. The van der Waals surface area contributed by atoms with Crippen LogP contribution < -0.4 is 4.72 Å². The second-order valence-corrected chi connectivity index (χ2v) is 1.78. The molecule has 5 heavy (non-hydrogen) atoms. The maximum Gasteiger partial charge on any atom is 0.0709 e. The van der Waals surface area contributed by atoms with E-state index in [0.29, 0.717) is 0 Å². The van der Waals surface area contributed by atoms with E-state index in [4.69, 9.17) is 0 Å². The lowest BCUT2D eigenvalue weighted by atomic mass is 10.5. The van der Waals surface area contributed by atoms with Gasteiger partial charge >= 0.3 is 0 Å². The van der Waals surface area contributed by atoms with Crippen LogP contribution >= 0.6 is 11.9 Å². The second kappa shape index (κ2) is 1.67. The van der Waals surface area contributed by atoms with Gasteiger partial charge in [-0.05, 0) is 6.42 Å². The fraction of sp³-hybridized carbons (Fsp3) is 0.667. The number of rotatable bonds is 0. The van der Waals surface area contributed by atoms with Gasteiger partial charge in [0.25, 0.3) is 0 Å². The van der Waals surface area contributed by atoms with Crippen molar-refractivity contribution in [1.82, 2.24) is 4.72 Å². The number of hydrogen-bond acceptors (Lipinski definition) is 2. The smallest absolute Gasteiger partial charge is 0.0709 e. The Balaban J connectivity index is 2.08. The first-order chi connectivity index (χ1) is 2.50. The minimum Gasteiger partial charge on any atom is -0.254 e. The van der Waals surface area contributed by atoms with Crippen LogP contribution in [0.25, 0.3) is 0 Å². The molecule has 0 spiro atoms. The van der Waals surface area contributed by atoms with Crippen LogP contribution in [0.2, 0.25) is 0 Å². The molecule has 1 aliphatic rings. The summed E-state index contributed by atoms with van der Waals surface area (Å²) in [6.45, 7) is 2.94. The fourth-order valence-electron chi connectivity index (χ4n) is 0.255. The SMILES string of the molecule is [C]1CCSN1. The quantitative estimate of drug-likeness (QED) is 0.436. The fourth-order valence-corrected chi connectivity index (χ4v) is 0.765. The van der Waals surface area contributed by atoms with E-state index in [0.717, 1.165) is 6.42 Å². The lowest BCUT2D eigenvalue weighted by Crippen LogP contribution is -1.83. The Kier molecular flexibility index (Phi) is 1.17. The van der Waals surface area contributed by atoms with Crippen molar-refractivity contribution in [2.24, 2.45) is 0 Å². The zero-order valence-electron chi connectivity index (χ0n) is 2.82. The first kappa shape index (κ1) is 3.50. The van der Waals surface area contributed by atoms with Crippen LogP contribution in [0.3, 0.4) is 0 Å². The van der Waals surface area contributed by atoms with Gasteiger partial charge in [-0.1, -0.05) is 11.9 Å². The Morgan fingerprint density at radius 3 is 3.00 bits per heavy atom. The number of hydrogen-bond donors (Lipinski definition) is 1. The molecule has 0 aromatic rings. The van der Waals surface area contributed by atoms with E-state index >= 15 is 0 Å². The molecule has 0 saturated carbocycles. The van der Waals surface area contributed by atoms with Crippen molar-refractivity contribution in [3.05, 3.63) is 6.54 Å². The molecule has 0 aromatic heterocycles. The molecule has 2 radical (unpaired) electrons. The van der Waals surface area contributed by atoms with Crippen LogP contribution in [0.15, 0.2) is 0 Å². The third-order valence-corrected chi connectivity index (χ3v) is 1.17. The summed E-state index contributed by atoms with van der Waals surface area (Å²) in [6.07, 6.45) is 1.10. The molecule has 2 heteroatoms. The van der Waals surface area contributed by atoms with Gasteiger partial charge in [-0.25, -0.2) is 0 Å². The van der Waals surface area contributed by atoms with Crippen molar-refractivity contribution in [1.29, 1.82) is 0 Å². The Labute approximate surface area is 36.3 Å². The van der Waals surface area contributed by atoms with E-state index in [1.807, 2.05) is 0 Å². The summed E-state index contributed by atoms with van der Waals surface area (Å²) in [5, 5.41) is 0. The average molecular weight is 87.1 g/mol. The molecule has 0 aromatic carbocycles. The summed E-state index contributed by atoms with van der Waals surface area (Å²) in [5.41, 5.74) is 0. The van der Waals surface area contributed by atoms with Crippen molar-refractivity contribution in [3.63, 3.8) is 0 Å². The van der Waals surface area contributed by atoms with E-state index in [1.54, 1.807) is 11.9 Å². The lowest BCUT2D eigenvalue weighted by Gasteiger charge is -1.73. The minimum absolute atomic E-state index is 1.10. The molecule has 0 unspecified atom stereocenters. The molecular formula is C3H5NS. The highest BCUT2D eigenvalue weighted by Crippen LogP contribution is 2.06. The predicted molar refractivity (Wildman–Crippen MR) is 23.5 cm³/mol. The summed E-state index contributed by atoms with van der Waals surface area (Å²) in [6, 6.07) is 0. The molecule has 0 aliphatic carbocycles. The van der Waals surface area contributed by atoms with Gasteiger partial charge in [0.15, 0.2) is 0 Å². The normalized spacial score (nSPS) is 24.0. The average Bonchev–Trinajstić information content (AvgIpc) is 1.76. The Morgan fingerprint density at radius 2 is 2.80 bits per heavy atom. The summed E-state index contributed by atoms with van der Waals surface area (Å²) >= 11 is 1.71. The van der Waals surface area contributed by atoms with E-state index < -0.39 is 0 Å². The summed E-state index contributed by atoms with van der Waals surface area (Å²) in [4.78, 5) is 0. The van der Waals surface area contributed by atoms with Crippen LogP contribution in [0, 0.1) is 6.54 Å². The van der Waals surface area contributed by atoms with Crippen molar-refractivity contribution in [2.45, 2.75) is 6.42 Å². The second-order valence-electron chi connectivity index (χ2n) is 0.877. The predicted octanol–water partition coefficient (Wildman–Crippen LogP) is 0.667. The molecule has 28 valence electrons. The topological polar surface area (TPSA) is 12.0 Å². The monoisotopic (exact) mass is 87.0 g/mol. The van der Waals surface area contributed by atoms with E-state index in [2.05, 4.69) is 11.3 Å². The van der Waals surface area contributed by atoms with Gasteiger partial charge in [0.05, 0.1) is 6.54 Å². The molecule has 1 nitrogen and oxygen atoms in total.